The Morgan fingerprint density at radius 1 is 1.06 bits per heavy atom. The van der Waals surface area contributed by atoms with Gasteiger partial charge in [-0.3, -0.25) is 5.41 Å². The van der Waals surface area contributed by atoms with Crippen molar-refractivity contribution in [3.05, 3.63) is 34.9 Å². The van der Waals surface area contributed by atoms with E-state index in [0.717, 1.165) is 38.4 Å². The Kier molecular flexibility index (Phi) is 4.02. The highest BCUT2D eigenvalue weighted by molar-refractivity contribution is 5.81. The zero-order valence-corrected chi connectivity index (χ0v) is 11.7. The summed E-state index contributed by atoms with van der Waals surface area (Å²) in [7, 11) is 2.14. The van der Waals surface area contributed by atoms with E-state index in [9.17, 15) is 0 Å². The molecule has 3 nitrogen and oxygen atoms in total. The summed E-state index contributed by atoms with van der Waals surface area (Å²) in [6.45, 7) is 8.34. The Labute approximate surface area is 110 Å². The number of rotatable bonds is 2. The van der Waals surface area contributed by atoms with Crippen LogP contribution >= 0.6 is 0 Å². The van der Waals surface area contributed by atoms with Gasteiger partial charge in [-0.05, 0) is 26.5 Å². The fraction of sp³-hybridized carbons (Fsp3) is 0.533. The van der Waals surface area contributed by atoms with Gasteiger partial charge in [-0.2, -0.15) is 0 Å². The summed E-state index contributed by atoms with van der Waals surface area (Å²) in [4.78, 5) is 4.53. The van der Waals surface area contributed by atoms with Crippen LogP contribution in [0, 0.1) is 19.3 Å². The number of hydrogen-bond acceptors (Lipinski definition) is 2. The molecule has 1 N–H and O–H groups in total. The molecular formula is C15H23N3. The number of nitrogens with one attached hydrogen (secondary N) is 1. The molecule has 1 saturated heterocycles. The summed E-state index contributed by atoms with van der Waals surface area (Å²) in [5.41, 5.74) is 3.84. The Hall–Kier alpha value is -1.35. The highest BCUT2D eigenvalue weighted by Crippen LogP contribution is 2.11. The number of nitrogens with zero attached hydrogens (tertiary/aromatic N) is 2. The maximum absolute atomic E-state index is 8.23. The third-order valence-corrected chi connectivity index (χ3v) is 3.54. The van der Waals surface area contributed by atoms with Crippen molar-refractivity contribution in [1.82, 2.24) is 9.80 Å². The Balaban J connectivity index is 1.98. The Bertz CT molecular complexity index is 411. The van der Waals surface area contributed by atoms with E-state index in [4.69, 9.17) is 5.41 Å². The van der Waals surface area contributed by atoms with Crippen LogP contribution in [0.25, 0.3) is 0 Å². The van der Waals surface area contributed by atoms with Crippen molar-refractivity contribution in [2.45, 2.75) is 20.3 Å². The highest BCUT2D eigenvalue weighted by Gasteiger charge is 2.16. The lowest BCUT2D eigenvalue weighted by Gasteiger charge is -2.34. The summed E-state index contributed by atoms with van der Waals surface area (Å²) in [6, 6.07) is 6.57. The molecule has 1 fully saturated rings. The second-order valence-corrected chi connectivity index (χ2v) is 5.41. The van der Waals surface area contributed by atoms with E-state index >= 15 is 0 Å². The molecule has 3 heteroatoms. The normalized spacial score (nSPS) is 16.9. The number of hydrogen-bond donors (Lipinski definition) is 1. The summed E-state index contributed by atoms with van der Waals surface area (Å²) in [5.74, 6) is 0.758. The molecule has 0 aromatic heterocycles. The lowest BCUT2D eigenvalue weighted by atomic mass is 10.0. The van der Waals surface area contributed by atoms with E-state index in [2.05, 4.69) is 48.9 Å². The van der Waals surface area contributed by atoms with Crippen molar-refractivity contribution < 1.29 is 0 Å². The Morgan fingerprint density at radius 2 is 1.61 bits per heavy atom. The third-order valence-electron chi connectivity index (χ3n) is 3.54. The van der Waals surface area contributed by atoms with Crippen molar-refractivity contribution >= 4 is 5.84 Å². The molecule has 0 radical (unpaired) electrons. The van der Waals surface area contributed by atoms with Gasteiger partial charge in [0.1, 0.15) is 5.84 Å². The third kappa shape index (κ3) is 3.33. The fourth-order valence-electron chi connectivity index (χ4n) is 2.55. The largest absolute Gasteiger partial charge is 0.358 e. The predicted octanol–water partition coefficient (Wildman–Crippen LogP) is 2.07. The second kappa shape index (κ2) is 5.53. The molecule has 1 aromatic carbocycles. The summed E-state index contributed by atoms with van der Waals surface area (Å²) in [6.07, 6.45) is 0.756. The lowest BCUT2D eigenvalue weighted by Crippen LogP contribution is -2.47. The first-order valence-corrected chi connectivity index (χ1v) is 6.62. The van der Waals surface area contributed by atoms with Gasteiger partial charge < -0.3 is 9.80 Å². The minimum Gasteiger partial charge on any atom is -0.358 e. The van der Waals surface area contributed by atoms with E-state index in [0.29, 0.717) is 0 Å². The lowest BCUT2D eigenvalue weighted by molar-refractivity contribution is 0.213. The van der Waals surface area contributed by atoms with Crippen LogP contribution in [0.1, 0.15) is 16.7 Å². The summed E-state index contributed by atoms with van der Waals surface area (Å²) < 4.78 is 0. The second-order valence-electron chi connectivity index (χ2n) is 5.41. The minimum atomic E-state index is 0.756. The number of piperazine rings is 1. The van der Waals surface area contributed by atoms with Crippen LogP contribution in [-0.4, -0.2) is 48.9 Å². The molecule has 18 heavy (non-hydrogen) atoms. The molecule has 2 rings (SSSR count). The van der Waals surface area contributed by atoms with Gasteiger partial charge in [0, 0.05) is 32.6 Å². The fourth-order valence-corrected chi connectivity index (χ4v) is 2.55. The maximum Gasteiger partial charge on any atom is 0.100 e. The van der Waals surface area contributed by atoms with Crippen molar-refractivity contribution in [3.8, 4) is 0 Å². The van der Waals surface area contributed by atoms with Gasteiger partial charge in [0.25, 0.3) is 0 Å². The standard InChI is InChI=1S/C15H23N3/c1-12-8-13(2)10-14(9-12)11-15(16)18-6-4-17(3)5-7-18/h8-10,16H,4-7,11H2,1-3H3. The zero-order valence-electron chi connectivity index (χ0n) is 11.7. The van der Waals surface area contributed by atoms with Gasteiger partial charge >= 0.3 is 0 Å². The highest BCUT2D eigenvalue weighted by atomic mass is 15.3. The van der Waals surface area contributed by atoms with E-state index < -0.39 is 0 Å². The van der Waals surface area contributed by atoms with Crippen molar-refractivity contribution in [2.75, 3.05) is 33.2 Å². The topological polar surface area (TPSA) is 30.3 Å². The smallest absolute Gasteiger partial charge is 0.100 e. The average molecular weight is 245 g/mol. The number of aryl methyl sites for hydroxylation is 2. The van der Waals surface area contributed by atoms with Crippen LogP contribution in [0.3, 0.4) is 0 Å². The molecular weight excluding hydrogens is 222 g/mol. The van der Waals surface area contributed by atoms with Gasteiger partial charge in [-0.15, -0.1) is 0 Å². The van der Waals surface area contributed by atoms with Crippen LogP contribution in [0.5, 0.6) is 0 Å². The summed E-state index contributed by atoms with van der Waals surface area (Å²) >= 11 is 0. The van der Waals surface area contributed by atoms with Gasteiger partial charge in [-0.1, -0.05) is 29.3 Å². The van der Waals surface area contributed by atoms with Crippen LogP contribution in [0.15, 0.2) is 18.2 Å². The first-order valence-electron chi connectivity index (χ1n) is 6.62. The van der Waals surface area contributed by atoms with Crippen LogP contribution in [0.2, 0.25) is 0 Å². The maximum atomic E-state index is 8.23. The van der Waals surface area contributed by atoms with Crippen LogP contribution in [-0.2, 0) is 6.42 Å². The molecule has 0 saturated carbocycles. The molecule has 0 atom stereocenters. The minimum absolute atomic E-state index is 0.756. The van der Waals surface area contributed by atoms with Crippen LogP contribution in [0.4, 0.5) is 0 Å². The molecule has 98 valence electrons. The summed E-state index contributed by atoms with van der Waals surface area (Å²) in [5, 5.41) is 8.23. The van der Waals surface area contributed by atoms with E-state index in [1.165, 1.54) is 16.7 Å². The van der Waals surface area contributed by atoms with Crippen LogP contribution < -0.4 is 0 Å². The number of benzene rings is 1. The monoisotopic (exact) mass is 245 g/mol. The van der Waals surface area contributed by atoms with Crippen molar-refractivity contribution in [3.63, 3.8) is 0 Å². The molecule has 1 aliphatic heterocycles. The SMILES string of the molecule is Cc1cc(C)cc(CC(=N)N2CCN(C)CC2)c1. The molecule has 0 amide bonds. The Morgan fingerprint density at radius 3 is 2.17 bits per heavy atom. The van der Waals surface area contributed by atoms with Crippen molar-refractivity contribution in [2.24, 2.45) is 0 Å². The van der Waals surface area contributed by atoms with Crippen molar-refractivity contribution in [1.29, 1.82) is 5.41 Å². The molecule has 0 spiro atoms. The zero-order chi connectivity index (χ0) is 13.1. The first-order chi connectivity index (χ1) is 8.54. The van der Waals surface area contributed by atoms with Gasteiger partial charge in [0.2, 0.25) is 0 Å². The molecule has 1 aliphatic rings. The van der Waals surface area contributed by atoms with Gasteiger partial charge in [-0.25, -0.2) is 0 Å². The predicted molar refractivity (Wildman–Crippen MR) is 76.4 cm³/mol. The van der Waals surface area contributed by atoms with E-state index in [-0.39, 0.29) is 0 Å². The molecule has 0 bridgehead atoms. The molecule has 1 aromatic rings. The molecule has 0 unspecified atom stereocenters. The van der Waals surface area contributed by atoms with Gasteiger partial charge in [0.05, 0.1) is 0 Å². The number of likely N-dealkylation sites (N-methyl/N-ethyl adjacent to an activating group) is 1. The molecule has 0 aliphatic carbocycles. The molecule has 1 heterocycles. The quantitative estimate of drug-likeness (QED) is 0.638. The van der Waals surface area contributed by atoms with Gasteiger partial charge in [0.15, 0.2) is 0 Å². The number of amidine groups is 1. The average Bonchev–Trinajstić information content (AvgIpc) is 2.28. The first kappa shape index (κ1) is 13.1. The van der Waals surface area contributed by atoms with E-state index in [1.54, 1.807) is 0 Å². The van der Waals surface area contributed by atoms with E-state index in [1.807, 2.05) is 0 Å².